The summed E-state index contributed by atoms with van der Waals surface area (Å²) in [6, 6.07) is 0.261. The van der Waals surface area contributed by atoms with Crippen molar-refractivity contribution < 1.29 is 34.4 Å². The predicted molar refractivity (Wildman–Crippen MR) is 137 cm³/mol. The fourth-order valence-corrected chi connectivity index (χ4v) is 6.19. The molecule has 0 aliphatic heterocycles. The third-order valence-corrected chi connectivity index (χ3v) is 7.90. The number of Topliss-reactive ketones (excluding diaryl/α,β-unsaturated/α-hetero) is 1. The SMILES string of the molecule is [B]=C1C(C(N)=O)=C(O)[C@@H](N(C)C)[C@@H]2C[C@@H]3Cc4c(F)cc(CCCN(C)C)c(O)c4C(O)=C3C(=O)[C@]12O. The number of rotatable bonds is 6. The molecule has 0 bridgehead atoms. The molecule has 4 atom stereocenters. The quantitative estimate of drug-likeness (QED) is 0.344. The number of nitrogens with zero attached hydrogens (tertiary/aromatic N) is 2. The number of aryl methyl sites for hydroxylation is 1. The number of aliphatic hydroxyl groups is 3. The van der Waals surface area contributed by atoms with Crippen LogP contribution in [0, 0.1) is 17.7 Å². The average molecular weight is 512 g/mol. The van der Waals surface area contributed by atoms with Crippen LogP contribution in [-0.4, -0.2) is 101 Å². The first-order valence-electron chi connectivity index (χ1n) is 12.1. The number of phenolic OH excluding ortho intramolecular Hbond substituents is 1. The normalized spacial score (nSPS) is 27.5. The second-order valence-corrected chi connectivity index (χ2v) is 10.7. The van der Waals surface area contributed by atoms with E-state index in [1.807, 2.05) is 19.0 Å². The van der Waals surface area contributed by atoms with Crippen molar-refractivity contribution in [3.63, 3.8) is 0 Å². The Labute approximate surface area is 215 Å². The van der Waals surface area contributed by atoms with Gasteiger partial charge in [-0.1, -0.05) is 0 Å². The number of aliphatic hydroxyl groups excluding tert-OH is 2. The number of phenols is 1. The Hall–Kier alpha value is -3.02. The molecule has 0 aromatic heterocycles. The monoisotopic (exact) mass is 512 g/mol. The third-order valence-electron chi connectivity index (χ3n) is 7.90. The molecule has 11 heteroatoms. The number of hydrogen-bond acceptors (Lipinski definition) is 8. The van der Waals surface area contributed by atoms with Crippen LogP contribution < -0.4 is 5.73 Å². The van der Waals surface area contributed by atoms with E-state index in [0.29, 0.717) is 24.9 Å². The van der Waals surface area contributed by atoms with Crippen LogP contribution in [0.2, 0.25) is 0 Å². The Kier molecular flexibility index (Phi) is 6.85. The summed E-state index contributed by atoms with van der Waals surface area (Å²) in [4.78, 5) is 29.5. The summed E-state index contributed by atoms with van der Waals surface area (Å²) >= 11 is 0. The zero-order valence-corrected chi connectivity index (χ0v) is 21.4. The van der Waals surface area contributed by atoms with Crippen LogP contribution in [0.5, 0.6) is 5.75 Å². The Balaban J connectivity index is 1.87. The van der Waals surface area contributed by atoms with E-state index in [-0.39, 0.29) is 35.3 Å². The number of carbonyl (C=O) groups excluding carboxylic acids is 2. The molecule has 3 aliphatic carbocycles. The minimum atomic E-state index is -2.46. The van der Waals surface area contributed by atoms with Crippen LogP contribution in [0.25, 0.3) is 5.76 Å². The molecule has 1 fully saturated rings. The zero-order chi connectivity index (χ0) is 27.6. The van der Waals surface area contributed by atoms with Crippen LogP contribution in [0.1, 0.15) is 29.5 Å². The van der Waals surface area contributed by atoms with Gasteiger partial charge in [0.2, 0.25) is 0 Å². The summed E-state index contributed by atoms with van der Waals surface area (Å²) in [6.07, 6.45) is 0.989. The molecule has 37 heavy (non-hydrogen) atoms. The first-order chi connectivity index (χ1) is 17.2. The molecule has 1 saturated carbocycles. The fraction of sp³-hybridized carbons (Fsp3) is 0.500. The molecule has 1 amide bonds. The Morgan fingerprint density at radius 2 is 1.89 bits per heavy atom. The number of likely N-dealkylation sites (N-methyl/N-ethyl adjacent to an activating group) is 1. The van der Waals surface area contributed by atoms with Gasteiger partial charge in [-0.15, -0.1) is 0 Å². The van der Waals surface area contributed by atoms with E-state index >= 15 is 4.39 Å². The molecular weight excluding hydrogens is 480 g/mol. The molecule has 1 aromatic carbocycles. The first kappa shape index (κ1) is 27.0. The van der Waals surface area contributed by atoms with E-state index in [1.54, 1.807) is 14.1 Å². The first-order valence-corrected chi connectivity index (χ1v) is 12.1. The number of ketones is 1. The van der Waals surface area contributed by atoms with Crippen molar-refractivity contribution in [1.82, 2.24) is 9.80 Å². The number of aromatic hydroxyl groups is 1. The number of fused-ring (bicyclic) bond motifs is 3. The molecule has 0 unspecified atom stereocenters. The van der Waals surface area contributed by atoms with Crippen molar-refractivity contribution in [2.75, 3.05) is 34.7 Å². The van der Waals surface area contributed by atoms with E-state index in [9.17, 15) is 30.0 Å². The summed E-state index contributed by atoms with van der Waals surface area (Å²) in [6.45, 7) is 0.699. The van der Waals surface area contributed by atoms with E-state index in [2.05, 4.69) is 0 Å². The van der Waals surface area contributed by atoms with Crippen LogP contribution in [0.4, 0.5) is 4.39 Å². The zero-order valence-electron chi connectivity index (χ0n) is 21.4. The number of amides is 1. The molecule has 197 valence electrons. The summed E-state index contributed by atoms with van der Waals surface area (Å²) in [5, 5.41) is 44.9. The van der Waals surface area contributed by atoms with E-state index < -0.39 is 63.5 Å². The van der Waals surface area contributed by atoms with Gasteiger partial charge in [0.15, 0.2) is 0 Å². The Bertz CT molecular complexity index is 1270. The van der Waals surface area contributed by atoms with Crippen molar-refractivity contribution in [3.8, 4) is 5.75 Å². The molecule has 0 spiro atoms. The number of halogens is 1. The van der Waals surface area contributed by atoms with Crippen LogP contribution in [0.15, 0.2) is 23.0 Å². The number of benzene rings is 1. The number of primary amides is 1. The van der Waals surface area contributed by atoms with Crippen LogP contribution >= 0.6 is 0 Å². The molecule has 1 aromatic rings. The van der Waals surface area contributed by atoms with Gasteiger partial charge in [-0.05, 0) is 14.1 Å². The number of carbonyl (C=O) groups is 2. The Morgan fingerprint density at radius 3 is 2.46 bits per heavy atom. The summed E-state index contributed by atoms with van der Waals surface area (Å²) < 4.78 is 15.3. The fourth-order valence-electron chi connectivity index (χ4n) is 6.19. The molecule has 3 aliphatic rings. The van der Waals surface area contributed by atoms with E-state index in [0.717, 1.165) is 0 Å². The minimum absolute atomic E-state index is 0.0162. The maximum absolute atomic E-state index is 15.3. The van der Waals surface area contributed by atoms with Gasteiger partial charge in [0, 0.05) is 0 Å². The van der Waals surface area contributed by atoms with Gasteiger partial charge in [-0.2, -0.15) is 0 Å². The molecule has 1 radical (unpaired) electrons. The standard InChI is InChI=1S/C26H32BFN3O6/c1-30(2)7-5-6-11-10-15(28)13-8-12-9-14-19(31(3)4)22(34)18(25(29)36)23(27)26(14,37)24(35)16(12)21(33)17(13)20(11)32/h10,12,14,19,32-34,37H,5-9H2,1-4H3,(H2,29,36)/t12-,14-,19-,26+/m0/s1. The second kappa shape index (κ2) is 9.38. The van der Waals surface area contributed by atoms with Gasteiger partial charge in [-0.3, -0.25) is 0 Å². The van der Waals surface area contributed by atoms with Crippen molar-refractivity contribution >= 4 is 30.4 Å². The molecular formula is C26H32BFN3O6. The molecule has 0 heterocycles. The van der Waals surface area contributed by atoms with Gasteiger partial charge in [-0.25, -0.2) is 0 Å². The van der Waals surface area contributed by atoms with E-state index in [1.165, 1.54) is 11.0 Å². The average Bonchev–Trinajstić information content (AvgIpc) is 2.78. The van der Waals surface area contributed by atoms with Crippen molar-refractivity contribution in [2.24, 2.45) is 17.6 Å². The summed E-state index contributed by atoms with van der Waals surface area (Å²) in [5.41, 5.74) is 1.84. The number of hydrogen-bond donors (Lipinski definition) is 5. The Morgan fingerprint density at radius 1 is 1.24 bits per heavy atom. The second-order valence-electron chi connectivity index (χ2n) is 10.7. The molecule has 4 rings (SSSR count). The van der Waals surface area contributed by atoms with Gasteiger partial charge < -0.3 is 0 Å². The third kappa shape index (κ3) is 4.00. The summed E-state index contributed by atoms with van der Waals surface area (Å²) in [5.74, 6) is -5.82. The maximum atomic E-state index is 15.3. The number of nitrogens with two attached hydrogens (primary N) is 1. The van der Waals surface area contributed by atoms with E-state index in [4.69, 9.17) is 13.2 Å². The summed E-state index contributed by atoms with van der Waals surface area (Å²) in [7, 11) is 13.1. The van der Waals surface area contributed by atoms with Gasteiger partial charge >= 0.3 is 201 Å². The predicted octanol–water partition coefficient (Wildman–Crippen LogP) is 0.369. The van der Waals surface area contributed by atoms with Gasteiger partial charge in [0.05, 0.1) is 0 Å². The molecule has 6 N–H and O–H groups in total. The topological polar surface area (TPSA) is 148 Å². The molecule has 9 nitrogen and oxygen atoms in total. The van der Waals surface area contributed by atoms with Gasteiger partial charge in [0.25, 0.3) is 0 Å². The van der Waals surface area contributed by atoms with Crippen molar-refractivity contribution in [1.29, 1.82) is 0 Å². The van der Waals surface area contributed by atoms with Crippen LogP contribution in [0.3, 0.4) is 0 Å². The molecule has 0 saturated heterocycles. The van der Waals surface area contributed by atoms with Gasteiger partial charge in [0.1, 0.15) is 0 Å². The van der Waals surface area contributed by atoms with Crippen molar-refractivity contribution in [3.05, 3.63) is 45.5 Å². The van der Waals surface area contributed by atoms with Crippen molar-refractivity contribution in [2.45, 2.75) is 37.3 Å². The van der Waals surface area contributed by atoms with Crippen LogP contribution in [-0.2, 0) is 22.4 Å².